The molecular formula is C10H21NOS2. The third-order valence-electron chi connectivity index (χ3n) is 1.32. The Morgan fingerprint density at radius 1 is 1.36 bits per heavy atom. The van der Waals surface area contributed by atoms with Crippen LogP contribution in [-0.2, 0) is 4.79 Å². The summed E-state index contributed by atoms with van der Waals surface area (Å²) in [4.78, 5) is 11.2. The van der Waals surface area contributed by atoms with Crippen LogP contribution in [0.3, 0.4) is 0 Å². The zero-order chi connectivity index (χ0) is 11.2. The monoisotopic (exact) mass is 235 g/mol. The predicted molar refractivity (Wildman–Crippen MR) is 67.6 cm³/mol. The fraction of sp³-hybridized carbons (Fsp3) is 0.900. The Labute approximate surface area is 95.4 Å². The molecule has 0 unspecified atom stereocenters. The number of hydrogen-bond donors (Lipinski definition) is 1. The van der Waals surface area contributed by atoms with Gasteiger partial charge in [-0.05, 0) is 0 Å². The first-order valence-electron chi connectivity index (χ1n) is 4.91. The highest BCUT2D eigenvalue weighted by molar-refractivity contribution is 8.77. The molecule has 0 bridgehead atoms. The van der Waals surface area contributed by atoms with Crippen molar-refractivity contribution in [3.05, 3.63) is 0 Å². The van der Waals surface area contributed by atoms with Gasteiger partial charge in [0, 0.05) is 23.0 Å². The van der Waals surface area contributed by atoms with Crippen molar-refractivity contribution in [1.82, 2.24) is 5.32 Å². The summed E-state index contributed by atoms with van der Waals surface area (Å²) in [6.45, 7) is 11.2. The van der Waals surface area contributed by atoms with E-state index in [0.29, 0.717) is 4.75 Å². The fourth-order valence-electron chi connectivity index (χ4n) is 0.638. The molecule has 0 fully saturated rings. The molecule has 0 rings (SSSR count). The second-order valence-corrected chi connectivity index (χ2v) is 7.71. The van der Waals surface area contributed by atoms with E-state index in [1.54, 1.807) is 0 Å². The van der Waals surface area contributed by atoms with Gasteiger partial charge in [-0.3, -0.25) is 4.79 Å². The zero-order valence-corrected chi connectivity index (χ0v) is 11.3. The van der Waals surface area contributed by atoms with Crippen molar-refractivity contribution < 1.29 is 4.79 Å². The van der Waals surface area contributed by atoms with Gasteiger partial charge in [-0.25, -0.2) is 0 Å². The van der Waals surface area contributed by atoms with Gasteiger partial charge in [0.05, 0.1) is 0 Å². The number of hydrogen-bond acceptors (Lipinski definition) is 3. The molecule has 0 aromatic carbocycles. The van der Waals surface area contributed by atoms with Crippen LogP contribution < -0.4 is 5.32 Å². The third-order valence-corrected chi connectivity index (χ3v) is 4.66. The Morgan fingerprint density at radius 2 is 1.93 bits per heavy atom. The molecule has 4 heteroatoms. The molecule has 84 valence electrons. The molecule has 1 amide bonds. The fourth-order valence-corrected chi connectivity index (χ4v) is 2.82. The number of amides is 1. The van der Waals surface area contributed by atoms with E-state index in [1.807, 2.05) is 35.4 Å². The normalized spacial score (nSPS) is 11.9. The van der Waals surface area contributed by atoms with E-state index in [2.05, 4.69) is 26.1 Å². The molecule has 0 spiro atoms. The molecule has 1 N–H and O–H groups in total. The quantitative estimate of drug-likeness (QED) is 0.587. The molecule has 0 aromatic heterocycles. The molecular weight excluding hydrogens is 214 g/mol. The van der Waals surface area contributed by atoms with Crippen molar-refractivity contribution in [1.29, 1.82) is 0 Å². The second kappa shape index (κ2) is 6.62. The largest absolute Gasteiger partial charge is 0.355 e. The molecule has 0 atom stereocenters. The second-order valence-electron chi connectivity index (χ2n) is 4.46. The lowest BCUT2D eigenvalue weighted by molar-refractivity contribution is -0.123. The molecule has 0 heterocycles. The zero-order valence-electron chi connectivity index (χ0n) is 9.72. The Morgan fingerprint density at radius 3 is 2.36 bits per heavy atom. The summed E-state index contributed by atoms with van der Waals surface area (Å²) in [5.74, 6) is 1.21. The number of nitrogens with one attached hydrogen (secondary N) is 1. The Kier molecular flexibility index (Phi) is 6.70. The van der Waals surface area contributed by atoms with Crippen molar-refractivity contribution in [2.24, 2.45) is 5.92 Å². The van der Waals surface area contributed by atoms with Gasteiger partial charge in [0.1, 0.15) is 0 Å². The van der Waals surface area contributed by atoms with E-state index in [-0.39, 0.29) is 11.8 Å². The van der Waals surface area contributed by atoms with Gasteiger partial charge >= 0.3 is 0 Å². The van der Waals surface area contributed by atoms with Gasteiger partial charge in [-0.2, -0.15) is 0 Å². The topological polar surface area (TPSA) is 29.1 Å². The van der Waals surface area contributed by atoms with E-state index in [0.717, 1.165) is 12.3 Å². The average Bonchev–Trinajstić information content (AvgIpc) is 2.01. The molecule has 0 aliphatic rings. The van der Waals surface area contributed by atoms with E-state index < -0.39 is 0 Å². The highest BCUT2D eigenvalue weighted by Gasteiger charge is 2.10. The van der Waals surface area contributed by atoms with Crippen molar-refractivity contribution in [2.75, 3.05) is 12.3 Å². The molecule has 14 heavy (non-hydrogen) atoms. The molecule has 2 nitrogen and oxygen atoms in total. The third kappa shape index (κ3) is 8.75. The maximum atomic E-state index is 11.2. The molecule has 0 aliphatic heterocycles. The minimum absolute atomic E-state index is 0.0928. The number of rotatable bonds is 5. The molecule has 0 aliphatic carbocycles. The number of carbonyl (C=O) groups excluding carboxylic acids is 1. The lowest BCUT2D eigenvalue weighted by atomic mass is 10.2. The predicted octanol–water partition coefficient (Wildman–Crippen LogP) is 2.94. The van der Waals surface area contributed by atoms with Crippen LogP contribution in [0.1, 0.15) is 34.6 Å². The van der Waals surface area contributed by atoms with Gasteiger partial charge < -0.3 is 5.32 Å². The molecule has 0 saturated carbocycles. The van der Waals surface area contributed by atoms with Gasteiger partial charge in [0.25, 0.3) is 0 Å². The van der Waals surface area contributed by atoms with Crippen LogP contribution in [0.2, 0.25) is 0 Å². The first-order valence-corrected chi connectivity index (χ1v) is 7.23. The Bertz CT molecular complexity index is 175. The summed E-state index contributed by atoms with van der Waals surface area (Å²) < 4.78 is 0.298. The summed E-state index contributed by atoms with van der Waals surface area (Å²) in [7, 11) is 3.67. The molecule has 0 radical (unpaired) electrons. The van der Waals surface area contributed by atoms with Gasteiger partial charge in [-0.15, -0.1) is 0 Å². The first kappa shape index (κ1) is 14.2. The van der Waals surface area contributed by atoms with E-state index in [1.165, 1.54) is 0 Å². The summed E-state index contributed by atoms with van der Waals surface area (Å²) in [6.07, 6.45) is 0. The molecule has 0 aromatic rings. The van der Waals surface area contributed by atoms with Crippen LogP contribution in [0, 0.1) is 5.92 Å². The van der Waals surface area contributed by atoms with E-state index in [9.17, 15) is 4.79 Å². The van der Waals surface area contributed by atoms with Crippen LogP contribution in [0.15, 0.2) is 0 Å². The van der Waals surface area contributed by atoms with Crippen LogP contribution in [0.25, 0.3) is 0 Å². The van der Waals surface area contributed by atoms with Gasteiger partial charge in [0.15, 0.2) is 0 Å². The standard InChI is InChI=1S/C10H21NOS2/c1-8(2)9(12)11-6-7-13-14-10(3,4)5/h8H,6-7H2,1-5H3,(H,11,12). The van der Waals surface area contributed by atoms with Crippen LogP contribution in [0.5, 0.6) is 0 Å². The van der Waals surface area contributed by atoms with Crippen LogP contribution in [-0.4, -0.2) is 23.0 Å². The summed E-state index contributed by atoms with van der Waals surface area (Å²) in [6, 6.07) is 0. The van der Waals surface area contributed by atoms with Crippen LogP contribution in [0.4, 0.5) is 0 Å². The summed E-state index contributed by atoms with van der Waals surface area (Å²) in [5.41, 5.74) is 0. The lowest BCUT2D eigenvalue weighted by Crippen LogP contribution is -2.29. The van der Waals surface area contributed by atoms with Crippen molar-refractivity contribution in [2.45, 2.75) is 39.4 Å². The van der Waals surface area contributed by atoms with Crippen molar-refractivity contribution >= 4 is 27.5 Å². The van der Waals surface area contributed by atoms with Crippen molar-refractivity contribution in [3.63, 3.8) is 0 Å². The SMILES string of the molecule is CC(C)C(=O)NCCSSC(C)(C)C. The Hall–Kier alpha value is 0.170. The maximum absolute atomic E-state index is 11.2. The highest BCUT2D eigenvalue weighted by atomic mass is 33.1. The average molecular weight is 235 g/mol. The van der Waals surface area contributed by atoms with Crippen LogP contribution >= 0.6 is 21.6 Å². The smallest absolute Gasteiger partial charge is 0.222 e. The summed E-state index contributed by atoms with van der Waals surface area (Å²) in [5, 5.41) is 2.90. The number of carbonyl (C=O) groups is 1. The van der Waals surface area contributed by atoms with Gasteiger partial charge in [-0.1, -0.05) is 56.2 Å². The Balaban J connectivity index is 3.35. The van der Waals surface area contributed by atoms with E-state index in [4.69, 9.17) is 0 Å². The maximum Gasteiger partial charge on any atom is 0.222 e. The van der Waals surface area contributed by atoms with Gasteiger partial charge in [0.2, 0.25) is 5.91 Å². The minimum atomic E-state index is 0.0928. The first-order chi connectivity index (χ1) is 6.33. The lowest BCUT2D eigenvalue weighted by Gasteiger charge is -2.16. The summed E-state index contributed by atoms with van der Waals surface area (Å²) >= 11 is 0. The highest BCUT2D eigenvalue weighted by Crippen LogP contribution is 2.34. The minimum Gasteiger partial charge on any atom is -0.355 e. The molecule has 0 saturated heterocycles. The van der Waals surface area contributed by atoms with E-state index >= 15 is 0 Å². The van der Waals surface area contributed by atoms with Crippen molar-refractivity contribution in [3.8, 4) is 0 Å².